The lowest BCUT2D eigenvalue weighted by Gasteiger charge is -2.34. The summed E-state index contributed by atoms with van der Waals surface area (Å²) < 4.78 is 14.5. The predicted molar refractivity (Wildman–Crippen MR) is 121 cm³/mol. The van der Waals surface area contributed by atoms with E-state index in [9.17, 15) is 28.4 Å². The van der Waals surface area contributed by atoms with Crippen molar-refractivity contribution in [3.63, 3.8) is 0 Å². The number of nitrogens with one attached hydrogen (secondary N) is 1. The number of anilines is 1. The molecule has 5 rings (SSSR count). The first-order chi connectivity index (χ1) is 16.7. The van der Waals surface area contributed by atoms with Crippen molar-refractivity contribution in [3.05, 3.63) is 64.5 Å². The first kappa shape index (κ1) is 22.7. The van der Waals surface area contributed by atoms with Gasteiger partial charge in [-0.3, -0.25) is 29.4 Å². The minimum Gasteiger partial charge on any atom is -0.478 e. The Bertz CT molecular complexity index is 1280. The number of hydrogen-bond acceptors (Lipinski definition) is 6. The molecule has 3 aliphatic rings. The molecule has 4 amide bonds. The van der Waals surface area contributed by atoms with Crippen LogP contribution >= 0.6 is 0 Å². The largest absolute Gasteiger partial charge is 0.478 e. The van der Waals surface area contributed by atoms with Crippen molar-refractivity contribution in [1.82, 2.24) is 10.2 Å². The zero-order valence-corrected chi connectivity index (χ0v) is 18.6. The minimum absolute atomic E-state index is 0.0592. The van der Waals surface area contributed by atoms with Gasteiger partial charge in [0.05, 0.1) is 16.7 Å². The Labute approximate surface area is 199 Å². The summed E-state index contributed by atoms with van der Waals surface area (Å²) in [4.78, 5) is 63.6. The molecule has 9 nitrogen and oxygen atoms in total. The zero-order valence-electron chi connectivity index (χ0n) is 18.6. The van der Waals surface area contributed by atoms with Gasteiger partial charge in [-0.05, 0) is 61.1 Å². The van der Waals surface area contributed by atoms with Gasteiger partial charge in [0.15, 0.2) is 0 Å². The topological polar surface area (TPSA) is 124 Å². The molecule has 3 aliphatic heterocycles. The van der Waals surface area contributed by atoms with Gasteiger partial charge in [-0.1, -0.05) is 6.07 Å². The molecule has 2 N–H and O–H groups in total. The van der Waals surface area contributed by atoms with Crippen LogP contribution in [0.4, 0.5) is 10.1 Å². The molecule has 35 heavy (non-hydrogen) atoms. The van der Waals surface area contributed by atoms with Crippen LogP contribution in [-0.4, -0.2) is 58.7 Å². The summed E-state index contributed by atoms with van der Waals surface area (Å²) in [5.41, 5.74) is 1.58. The summed E-state index contributed by atoms with van der Waals surface area (Å²) in [6, 6.07) is 7.94. The van der Waals surface area contributed by atoms with Gasteiger partial charge >= 0.3 is 5.97 Å². The molecule has 0 bridgehead atoms. The predicted octanol–water partition coefficient (Wildman–Crippen LogP) is 2.31. The van der Waals surface area contributed by atoms with Crippen LogP contribution in [-0.2, 0) is 9.59 Å². The number of imide groups is 2. The van der Waals surface area contributed by atoms with Gasteiger partial charge in [0.25, 0.3) is 11.8 Å². The number of amides is 4. The second-order valence-corrected chi connectivity index (χ2v) is 8.98. The first-order valence-electron chi connectivity index (χ1n) is 11.4. The quantitative estimate of drug-likeness (QED) is 0.645. The van der Waals surface area contributed by atoms with E-state index >= 15 is 0 Å². The van der Waals surface area contributed by atoms with Crippen LogP contribution in [0.2, 0.25) is 0 Å². The third kappa shape index (κ3) is 3.94. The van der Waals surface area contributed by atoms with Gasteiger partial charge in [-0.25, -0.2) is 9.18 Å². The second kappa shape index (κ2) is 8.61. The van der Waals surface area contributed by atoms with Crippen molar-refractivity contribution >= 4 is 35.3 Å². The highest BCUT2D eigenvalue weighted by Crippen LogP contribution is 2.35. The second-order valence-electron chi connectivity index (χ2n) is 8.98. The molecule has 0 spiro atoms. The average Bonchev–Trinajstić information content (AvgIpc) is 3.08. The van der Waals surface area contributed by atoms with Crippen molar-refractivity contribution in [3.8, 4) is 0 Å². The molecule has 0 aliphatic carbocycles. The fourth-order valence-electron chi connectivity index (χ4n) is 5.10. The number of hydrogen-bond donors (Lipinski definition) is 2. The van der Waals surface area contributed by atoms with Crippen molar-refractivity contribution in [2.75, 3.05) is 18.0 Å². The molecule has 3 heterocycles. The Kier molecular flexibility index (Phi) is 5.58. The number of benzene rings is 2. The number of aromatic carboxylic acids is 1. The molecule has 2 aromatic rings. The lowest BCUT2D eigenvalue weighted by molar-refractivity contribution is -0.136. The van der Waals surface area contributed by atoms with E-state index in [1.807, 2.05) is 4.90 Å². The molecule has 10 heteroatoms. The molecule has 0 radical (unpaired) electrons. The van der Waals surface area contributed by atoms with Crippen molar-refractivity contribution in [2.45, 2.75) is 37.6 Å². The van der Waals surface area contributed by atoms with Gasteiger partial charge in [0, 0.05) is 25.2 Å². The molecule has 0 saturated carbocycles. The number of carbonyl (C=O) groups excluding carboxylic acids is 4. The van der Waals surface area contributed by atoms with E-state index < -0.39 is 41.5 Å². The molecular weight excluding hydrogens is 457 g/mol. The number of rotatable bonds is 4. The number of fused-ring (bicyclic) bond motifs is 1. The van der Waals surface area contributed by atoms with Crippen LogP contribution in [0.1, 0.15) is 68.2 Å². The maximum Gasteiger partial charge on any atom is 0.335 e. The fourth-order valence-corrected chi connectivity index (χ4v) is 5.10. The maximum absolute atomic E-state index is 14.5. The summed E-state index contributed by atoms with van der Waals surface area (Å²) in [6.07, 6.45) is 1.43. The van der Waals surface area contributed by atoms with Gasteiger partial charge in [-0.2, -0.15) is 0 Å². The number of nitrogens with zero attached hydrogens (tertiary/aromatic N) is 2. The standard InChI is InChI=1S/C25H22FN3O6/c26-19-11-14(25(34)35)1-3-16(19)13-7-9-28(10-8-13)15-2-4-17-18(12-15)24(33)29(23(17)32)20-5-6-21(30)27-22(20)31/h1-4,11-13,20H,5-10H2,(H,34,35)(H,27,30,31). The molecule has 2 saturated heterocycles. The summed E-state index contributed by atoms with van der Waals surface area (Å²) in [5, 5.41) is 11.2. The van der Waals surface area contributed by atoms with E-state index in [0.29, 0.717) is 31.5 Å². The van der Waals surface area contributed by atoms with Gasteiger partial charge in [-0.15, -0.1) is 0 Å². The van der Waals surface area contributed by atoms with Gasteiger partial charge < -0.3 is 10.0 Å². The molecule has 0 aromatic heterocycles. The van der Waals surface area contributed by atoms with Crippen LogP contribution in [0, 0.1) is 5.82 Å². The molecule has 1 atom stereocenters. The fraction of sp³-hybridized carbons (Fsp3) is 0.320. The van der Waals surface area contributed by atoms with E-state index in [1.54, 1.807) is 18.2 Å². The smallest absolute Gasteiger partial charge is 0.335 e. The number of carboxylic acids is 1. The summed E-state index contributed by atoms with van der Waals surface area (Å²) >= 11 is 0. The van der Waals surface area contributed by atoms with E-state index in [0.717, 1.165) is 16.7 Å². The van der Waals surface area contributed by atoms with Crippen LogP contribution in [0.5, 0.6) is 0 Å². The van der Waals surface area contributed by atoms with Crippen LogP contribution in [0.25, 0.3) is 0 Å². The van der Waals surface area contributed by atoms with Gasteiger partial charge in [0.1, 0.15) is 11.9 Å². The summed E-state index contributed by atoms with van der Waals surface area (Å²) in [6.45, 7) is 1.17. The summed E-state index contributed by atoms with van der Waals surface area (Å²) in [7, 11) is 0. The molecule has 2 fully saturated rings. The highest BCUT2D eigenvalue weighted by atomic mass is 19.1. The molecule has 180 valence electrons. The molecule has 1 unspecified atom stereocenters. The van der Waals surface area contributed by atoms with Gasteiger partial charge in [0.2, 0.25) is 11.8 Å². The normalized spacial score (nSPS) is 20.8. The number of halogens is 1. The molecular formula is C25H22FN3O6. The maximum atomic E-state index is 14.5. The van der Waals surface area contributed by atoms with Crippen LogP contribution in [0.15, 0.2) is 36.4 Å². The van der Waals surface area contributed by atoms with Crippen molar-refractivity contribution < 1.29 is 33.5 Å². The Balaban J connectivity index is 1.30. The number of carbonyl (C=O) groups is 5. The monoisotopic (exact) mass is 479 g/mol. The Morgan fingerprint density at radius 2 is 1.66 bits per heavy atom. The van der Waals surface area contributed by atoms with Crippen LogP contribution < -0.4 is 10.2 Å². The lowest BCUT2D eigenvalue weighted by atomic mass is 9.88. The summed E-state index contributed by atoms with van der Waals surface area (Å²) in [5.74, 6) is -3.95. The van der Waals surface area contributed by atoms with Crippen molar-refractivity contribution in [1.29, 1.82) is 0 Å². The Hall–Kier alpha value is -4.08. The Morgan fingerprint density at radius 3 is 2.31 bits per heavy atom. The lowest BCUT2D eigenvalue weighted by Crippen LogP contribution is -2.54. The van der Waals surface area contributed by atoms with E-state index in [1.165, 1.54) is 12.1 Å². The Morgan fingerprint density at radius 1 is 0.943 bits per heavy atom. The third-order valence-corrected chi connectivity index (χ3v) is 6.97. The SMILES string of the molecule is O=C1CCC(N2C(=O)c3ccc(N4CCC(c5ccc(C(=O)O)cc5F)CC4)cc3C2=O)C(=O)N1. The zero-order chi connectivity index (χ0) is 24.9. The molecule has 2 aromatic carbocycles. The van der Waals surface area contributed by atoms with E-state index in [2.05, 4.69) is 5.32 Å². The van der Waals surface area contributed by atoms with Crippen molar-refractivity contribution in [2.24, 2.45) is 0 Å². The minimum atomic E-state index is -1.17. The highest BCUT2D eigenvalue weighted by molar-refractivity contribution is 6.23. The van der Waals surface area contributed by atoms with E-state index in [-0.39, 0.29) is 35.4 Å². The van der Waals surface area contributed by atoms with Crippen LogP contribution in [0.3, 0.4) is 0 Å². The first-order valence-corrected chi connectivity index (χ1v) is 11.4. The third-order valence-electron chi connectivity index (χ3n) is 6.97. The highest BCUT2D eigenvalue weighted by Gasteiger charge is 2.44. The van der Waals surface area contributed by atoms with E-state index in [4.69, 9.17) is 5.11 Å². The number of piperidine rings is 2. The average molecular weight is 479 g/mol. The number of carboxylic acid groups (broad SMARTS) is 1.